The second-order valence-corrected chi connectivity index (χ2v) is 4.70. The van der Waals surface area contributed by atoms with E-state index in [2.05, 4.69) is 15.6 Å². The van der Waals surface area contributed by atoms with Gasteiger partial charge in [0.25, 0.3) is 0 Å². The van der Waals surface area contributed by atoms with Gasteiger partial charge in [-0.1, -0.05) is 0 Å². The van der Waals surface area contributed by atoms with E-state index >= 15 is 0 Å². The number of rotatable bonds is 7. The Hall–Kier alpha value is -1.67. The molecule has 1 rings (SSSR count). The van der Waals surface area contributed by atoms with Crippen molar-refractivity contribution >= 4 is 23.3 Å². The van der Waals surface area contributed by atoms with Gasteiger partial charge in [0, 0.05) is 18.5 Å². The topological polar surface area (TPSA) is 101 Å². The summed E-state index contributed by atoms with van der Waals surface area (Å²) >= 11 is 1.19. The summed E-state index contributed by atoms with van der Waals surface area (Å²) < 4.78 is 5.27. The molecule has 0 aliphatic heterocycles. The fraction of sp³-hybridized carbons (Fsp3) is 0.545. The summed E-state index contributed by atoms with van der Waals surface area (Å²) in [7, 11) is 0. The molecule has 1 atom stereocenters. The highest BCUT2D eigenvalue weighted by Gasteiger charge is 2.09. The molecule has 1 aromatic rings. The number of nitrogens with zero attached hydrogens (tertiary/aromatic N) is 1. The minimum absolute atomic E-state index is 0.00724. The number of aromatic nitrogens is 1. The van der Waals surface area contributed by atoms with Crippen LogP contribution >= 0.6 is 11.3 Å². The van der Waals surface area contributed by atoms with Crippen molar-refractivity contribution in [2.75, 3.05) is 13.2 Å². The fourth-order valence-electron chi connectivity index (χ4n) is 1.29. The summed E-state index contributed by atoms with van der Waals surface area (Å²) in [5.41, 5.74) is -0.00724. The Bertz CT molecular complexity index is 435. The minimum Gasteiger partial charge on any atom is -0.476 e. The van der Waals surface area contributed by atoms with E-state index < -0.39 is 5.97 Å². The van der Waals surface area contributed by atoms with Crippen molar-refractivity contribution < 1.29 is 19.4 Å². The Labute approximate surface area is 115 Å². The van der Waals surface area contributed by atoms with Crippen LogP contribution < -0.4 is 10.6 Å². The Morgan fingerprint density at radius 2 is 2.26 bits per heavy atom. The molecule has 19 heavy (non-hydrogen) atoms. The molecule has 0 aliphatic carbocycles. The average Bonchev–Trinajstić information content (AvgIpc) is 2.83. The molecule has 7 nitrogen and oxygen atoms in total. The molecule has 8 heteroatoms. The lowest BCUT2D eigenvalue weighted by molar-refractivity contribution is 0.0691. The number of hydrogen-bond acceptors (Lipinski definition) is 5. The van der Waals surface area contributed by atoms with E-state index in [9.17, 15) is 9.59 Å². The van der Waals surface area contributed by atoms with Crippen molar-refractivity contribution in [2.24, 2.45) is 0 Å². The molecule has 0 saturated heterocycles. The highest BCUT2D eigenvalue weighted by molar-refractivity contribution is 7.09. The van der Waals surface area contributed by atoms with Gasteiger partial charge in [-0.3, -0.25) is 0 Å². The molecule has 106 valence electrons. The molecule has 0 aliphatic rings. The number of amides is 2. The van der Waals surface area contributed by atoms with Crippen molar-refractivity contribution in [1.29, 1.82) is 0 Å². The van der Waals surface area contributed by atoms with Gasteiger partial charge in [-0.25, -0.2) is 14.6 Å². The first-order chi connectivity index (χ1) is 9.02. The largest absolute Gasteiger partial charge is 0.476 e. The maximum atomic E-state index is 11.4. The first kappa shape index (κ1) is 15.4. The smallest absolute Gasteiger partial charge is 0.355 e. The van der Waals surface area contributed by atoms with Gasteiger partial charge in [-0.05, 0) is 13.8 Å². The van der Waals surface area contributed by atoms with Crippen molar-refractivity contribution in [1.82, 2.24) is 15.6 Å². The predicted octanol–water partition coefficient (Wildman–Crippen LogP) is 1.07. The van der Waals surface area contributed by atoms with E-state index in [1.807, 2.05) is 13.8 Å². The third-order valence-electron chi connectivity index (χ3n) is 2.17. The summed E-state index contributed by atoms with van der Waals surface area (Å²) in [6.07, 6.45) is -0.0470. The van der Waals surface area contributed by atoms with Crippen LogP contribution in [-0.2, 0) is 11.3 Å². The van der Waals surface area contributed by atoms with E-state index in [4.69, 9.17) is 9.84 Å². The minimum atomic E-state index is -1.07. The lowest BCUT2D eigenvalue weighted by Crippen LogP contribution is -2.39. The van der Waals surface area contributed by atoms with E-state index in [-0.39, 0.29) is 24.4 Å². The van der Waals surface area contributed by atoms with Gasteiger partial charge in [0.2, 0.25) is 0 Å². The molecule has 0 aromatic carbocycles. The Balaban J connectivity index is 2.27. The zero-order valence-electron chi connectivity index (χ0n) is 10.8. The maximum absolute atomic E-state index is 11.4. The molecule has 0 fully saturated rings. The van der Waals surface area contributed by atoms with E-state index in [0.29, 0.717) is 18.2 Å². The van der Waals surface area contributed by atoms with Gasteiger partial charge in [0.15, 0.2) is 5.69 Å². The maximum Gasteiger partial charge on any atom is 0.355 e. The lowest BCUT2D eigenvalue weighted by Gasteiger charge is -2.12. The first-order valence-electron chi connectivity index (χ1n) is 5.84. The first-order valence-corrected chi connectivity index (χ1v) is 6.71. The SMILES string of the molecule is CCOC(C)CNC(=O)NCc1nc(C(=O)O)cs1. The number of nitrogens with one attached hydrogen (secondary N) is 2. The summed E-state index contributed by atoms with van der Waals surface area (Å²) in [4.78, 5) is 25.9. The summed E-state index contributed by atoms with van der Waals surface area (Å²) in [5, 5.41) is 15.9. The van der Waals surface area contributed by atoms with Crippen LogP contribution in [0.1, 0.15) is 29.3 Å². The van der Waals surface area contributed by atoms with E-state index in [0.717, 1.165) is 0 Å². The van der Waals surface area contributed by atoms with Crippen molar-refractivity contribution in [3.8, 4) is 0 Å². The second kappa shape index (κ2) is 7.70. The third kappa shape index (κ3) is 5.66. The van der Waals surface area contributed by atoms with Crippen LogP contribution in [0.2, 0.25) is 0 Å². The zero-order chi connectivity index (χ0) is 14.3. The number of carboxylic acids is 1. The fourth-order valence-corrected chi connectivity index (χ4v) is 2.00. The quantitative estimate of drug-likeness (QED) is 0.696. The van der Waals surface area contributed by atoms with Crippen molar-refractivity contribution in [2.45, 2.75) is 26.5 Å². The van der Waals surface area contributed by atoms with Crippen molar-refractivity contribution in [3.63, 3.8) is 0 Å². The van der Waals surface area contributed by atoms with Crippen LogP contribution in [0, 0.1) is 0 Å². The van der Waals surface area contributed by atoms with Gasteiger partial charge in [0.05, 0.1) is 12.6 Å². The summed E-state index contributed by atoms with van der Waals surface area (Å²) in [6.45, 7) is 4.97. The van der Waals surface area contributed by atoms with Crippen molar-refractivity contribution in [3.05, 3.63) is 16.1 Å². The highest BCUT2D eigenvalue weighted by atomic mass is 32.1. The van der Waals surface area contributed by atoms with Crippen LogP contribution in [-0.4, -0.2) is 41.3 Å². The number of ether oxygens (including phenoxy) is 1. The highest BCUT2D eigenvalue weighted by Crippen LogP contribution is 2.09. The summed E-state index contributed by atoms with van der Waals surface area (Å²) in [6, 6.07) is -0.335. The standard InChI is InChI=1S/C11H17N3O4S/c1-3-18-7(2)4-12-11(17)13-5-9-14-8(6-19-9)10(15)16/h6-7H,3-5H2,1-2H3,(H,15,16)(H2,12,13,17). The van der Waals surface area contributed by atoms with Gasteiger partial charge in [-0.15, -0.1) is 11.3 Å². The van der Waals surface area contributed by atoms with Crippen LogP contribution in [0.4, 0.5) is 4.79 Å². The predicted molar refractivity (Wildman–Crippen MR) is 70.4 cm³/mol. The molecule has 0 spiro atoms. The lowest BCUT2D eigenvalue weighted by atomic mass is 10.4. The molecule has 0 radical (unpaired) electrons. The molecule has 1 aromatic heterocycles. The third-order valence-corrected chi connectivity index (χ3v) is 3.02. The number of carbonyl (C=O) groups excluding carboxylic acids is 1. The Kier molecular flexibility index (Phi) is 6.23. The van der Waals surface area contributed by atoms with Crippen LogP contribution in [0.5, 0.6) is 0 Å². The number of aromatic carboxylic acids is 1. The van der Waals surface area contributed by atoms with Crippen LogP contribution in [0.25, 0.3) is 0 Å². The van der Waals surface area contributed by atoms with Gasteiger partial charge < -0.3 is 20.5 Å². The Morgan fingerprint density at radius 3 is 2.84 bits per heavy atom. The van der Waals surface area contributed by atoms with E-state index in [1.165, 1.54) is 16.7 Å². The molecule has 1 heterocycles. The number of hydrogen-bond donors (Lipinski definition) is 3. The number of urea groups is 1. The molecular weight excluding hydrogens is 270 g/mol. The normalized spacial score (nSPS) is 11.9. The van der Waals surface area contributed by atoms with E-state index in [1.54, 1.807) is 0 Å². The molecule has 3 N–H and O–H groups in total. The summed E-state index contributed by atoms with van der Waals surface area (Å²) in [5.74, 6) is -1.07. The van der Waals surface area contributed by atoms with Crippen LogP contribution in [0.3, 0.4) is 0 Å². The molecule has 2 amide bonds. The molecule has 1 unspecified atom stereocenters. The number of thiazole rings is 1. The van der Waals surface area contributed by atoms with Gasteiger partial charge in [0.1, 0.15) is 5.01 Å². The molecular formula is C11H17N3O4S. The number of carboxylic acid groups (broad SMARTS) is 1. The molecule has 0 saturated carbocycles. The zero-order valence-corrected chi connectivity index (χ0v) is 11.6. The Morgan fingerprint density at radius 1 is 1.53 bits per heavy atom. The average molecular weight is 287 g/mol. The van der Waals surface area contributed by atoms with Gasteiger partial charge >= 0.3 is 12.0 Å². The number of carbonyl (C=O) groups is 2. The van der Waals surface area contributed by atoms with Gasteiger partial charge in [-0.2, -0.15) is 0 Å². The second-order valence-electron chi connectivity index (χ2n) is 3.76. The van der Waals surface area contributed by atoms with Crippen LogP contribution in [0.15, 0.2) is 5.38 Å². The molecule has 0 bridgehead atoms. The monoisotopic (exact) mass is 287 g/mol.